The second kappa shape index (κ2) is 2.47. The zero-order valence-electron chi connectivity index (χ0n) is 7.54. The minimum absolute atomic E-state index is 0.0180. The SMILES string of the molecule is CS(=O)(=O)C1CCCC12CC(=O)N2. The fraction of sp³-hybridized carbons (Fsp3) is 0.875. The van der Waals surface area contributed by atoms with Gasteiger partial charge in [0, 0.05) is 6.26 Å². The zero-order chi connectivity index (χ0) is 9.69. The molecule has 2 atom stereocenters. The lowest BCUT2D eigenvalue weighted by Gasteiger charge is -2.42. The molecule has 0 aromatic heterocycles. The number of rotatable bonds is 1. The maximum Gasteiger partial charge on any atom is 0.222 e. The Morgan fingerprint density at radius 3 is 2.62 bits per heavy atom. The summed E-state index contributed by atoms with van der Waals surface area (Å²) < 4.78 is 22.8. The van der Waals surface area contributed by atoms with Gasteiger partial charge in [-0.3, -0.25) is 4.79 Å². The van der Waals surface area contributed by atoms with E-state index in [0.717, 1.165) is 12.8 Å². The first-order valence-corrected chi connectivity index (χ1v) is 6.39. The largest absolute Gasteiger partial charge is 0.349 e. The fourth-order valence-electron chi connectivity index (χ4n) is 2.56. The van der Waals surface area contributed by atoms with Crippen molar-refractivity contribution in [2.45, 2.75) is 36.5 Å². The van der Waals surface area contributed by atoms with E-state index in [9.17, 15) is 13.2 Å². The van der Waals surface area contributed by atoms with Crippen LogP contribution in [-0.4, -0.2) is 31.4 Å². The number of hydrogen-bond donors (Lipinski definition) is 1. The zero-order valence-corrected chi connectivity index (χ0v) is 8.36. The highest BCUT2D eigenvalue weighted by Gasteiger charge is 2.55. The molecule has 2 rings (SSSR count). The predicted molar refractivity (Wildman–Crippen MR) is 48.0 cm³/mol. The van der Waals surface area contributed by atoms with Crippen LogP contribution in [0.25, 0.3) is 0 Å². The van der Waals surface area contributed by atoms with Gasteiger partial charge in [0.25, 0.3) is 0 Å². The number of sulfone groups is 1. The van der Waals surface area contributed by atoms with E-state index < -0.39 is 15.4 Å². The minimum atomic E-state index is -3.01. The normalized spacial score (nSPS) is 38.8. The summed E-state index contributed by atoms with van der Waals surface area (Å²) in [4.78, 5) is 10.8. The van der Waals surface area contributed by atoms with Gasteiger partial charge >= 0.3 is 0 Å². The van der Waals surface area contributed by atoms with Crippen molar-refractivity contribution in [1.82, 2.24) is 5.32 Å². The highest BCUT2D eigenvalue weighted by molar-refractivity contribution is 7.91. The van der Waals surface area contributed by atoms with E-state index >= 15 is 0 Å². The Morgan fingerprint density at radius 1 is 1.54 bits per heavy atom. The Morgan fingerprint density at radius 2 is 2.15 bits per heavy atom. The average Bonchev–Trinajstić information content (AvgIpc) is 2.28. The molecular weight excluding hydrogens is 190 g/mol. The second-order valence-corrected chi connectivity index (χ2v) is 6.32. The topological polar surface area (TPSA) is 63.2 Å². The second-order valence-electron chi connectivity index (χ2n) is 4.09. The summed E-state index contributed by atoms with van der Waals surface area (Å²) in [6.45, 7) is 0. The molecule has 1 heterocycles. The van der Waals surface area contributed by atoms with Crippen molar-refractivity contribution in [3.05, 3.63) is 0 Å². The van der Waals surface area contributed by atoms with Crippen molar-refractivity contribution < 1.29 is 13.2 Å². The summed E-state index contributed by atoms with van der Waals surface area (Å²) in [5, 5.41) is 2.41. The molecule has 0 aromatic carbocycles. The number of nitrogens with one attached hydrogen (secondary N) is 1. The summed E-state index contributed by atoms with van der Waals surface area (Å²) in [5.41, 5.74) is -0.398. The quantitative estimate of drug-likeness (QED) is 0.602. The van der Waals surface area contributed by atoms with Gasteiger partial charge in [0.2, 0.25) is 5.91 Å². The summed E-state index contributed by atoms with van der Waals surface area (Å²) >= 11 is 0. The molecule has 1 N–H and O–H groups in total. The van der Waals surface area contributed by atoms with E-state index in [-0.39, 0.29) is 11.2 Å². The van der Waals surface area contributed by atoms with E-state index in [1.807, 2.05) is 0 Å². The lowest BCUT2D eigenvalue weighted by molar-refractivity contribution is -0.132. The first kappa shape index (κ1) is 8.99. The van der Waals surface area contributed by atoms with E-state index in [0.29, 0.717) is 12.8 Å². The van der Waals surface area contributed by atoms with Crippen molar-refractivity contribution in [2.75, 3.05) is 6.26 Å². The Kier molecular flexibility index (Phi) is 1.71. The maximum atomic E-state index is 11.4. The van der Waals surface area contributed by atoms with Gasteiger partial charge in [-0.25, -0.2) is 8.42 Å². The number of amides is 1. The molecule has 4 nitrogen and oxygen atoms in total. The van der Waals surface area contributed by atoms with Gasteiger partial charge in [-0.15, -0.1) is 0 Å². The molecule has 5 heteroatoms. The van der Waals surface area contributed by atoms with E-state index in [2.05, 4.69) is 5.32 Å². The van der Waals surface area contributed by atoms with Crippen LogP contribution in [0.15, 0.2) is 0 Å². The molecule has 13 heavy (non-hydrogen) atoms. The van der Waals surface area contributed by atoms with Crippen molar-refractivity contribution in [3.8, 4) is 0 Å². The first-order valence-electron chi connectivity index (χ1n) is 4.44. The van der Waals surface area contributed by atoms with Crippen LogP contribution in [0, 0.1) is 0 Å². The number of hydrogen-bond acceptors (Lipinski definition) is 3. The fourth-order valence-corrected chi connectivity index (χ4v) is 4.23. The molecule has 1 spiro atoms. The molecule has 1 aliphatic heterocycles. The molecule has 0 aromatic rings. The van der Waals surface area contributed by atoms with Crippen molar-refractivity contribution in [2.24, 2.45) is 0 Å². The van der Waals surface area contributed by atoms with Crippen LogP contribution in [0.1, 0.15) is 25.7 Å². The Balaban J connectivity index is 2.26. The number of β-lactam (4-membered cyclic amide) rings is 1. The predicted octanol–water partition coefficient (Wildman–Crippen LogP) is -0.158. The summed E-state index contributed by atoms with van der Waals surface area (Å²) in [5.74, 6) is -0.0180. The molecule has 1 aliphatic carbocycles. The molecule has 0 bridgehead atoms. The minimum Gasteiger partial charge on any atom is -0.349 e. The third-order valence-corrected chi connectivity index (χ3v) is 4.81. The van der Waals surface area contributed by atoms with Gasteiger partial charge < -0.3 is 5.32 Å². The molecule has 1 amide bonds. The van der Waals surface area contributed by atoms with Gasteiger partial charge in [0.1, 0.15) is 0 Å². The highest BCUT2D eigenvalue weighted by atomic mass is 32.2. The number of carbonyl (C=O) groups is 1. The molecule has 1 saturated carbocycles. The molecule has 2 fully saturated rings. The Labute approximate surface area is 77.6 Å². The smallest absolute Gasteiger partial charge is 0.222 e. The molecule has 2 unspecified atom stereocenters. The van der Waals surface area contributed by atoms with Crippen LogP contribution in [0.3, 0.4) is 0 Å². The van der Waals surface area contributed by atoms with Crippen LogP contribution in [-0.2, 0) is 14.6 Å². The standard InChI is InChI=1S/C8H13NO3S/c1-13(11,12)6-3-2-4-8(6)5-7(10)9-8/h6H,2-5H2,1H3,(H,9,10). The third-order valence-electron chi connectivity index (χ3n) is 3.09. The van der Waals surface area contributed by atoms with Crippen LogP contribution in [0.4, 0.5) is 0 Å². The Bertz CT molecular complexity index is 338. The van der Waals surface area contributed by atoms with E-state index in [1.165, 1.54) is 6.26 Å². The van der Waals surface area contributed by atoms with Crippen LogP contribution < -0.4 is 5.32 Å². The molecule has 74 valence electrons. The maximum absolute atomic E-state index is 11.4. The summed E-state index contributed by atoms with van der Waals surface area (Å²) in [7, 11) is -3.01. The third kappa shape index (κ3) is 1.25. The monoisotopic (exact) mass is 203 g/mol. The van der Waals surface area contributed by atoms with Crippen LogP contribution >= 0.6 is 0 Å². The average molecular weight is 203 g/mol. The first-order chi connectivity index (χ1) is 5.94. The highest BCUT2D eigenvalue weighted by Crippen LogP contribution is 2.41. The lowest BCUT2D eigenvalue weighted by atomic mass is 9.85. The molecule has 2 aliphatic rings. The molecule has 1 saturated heterocycles. The summed E-state index contributed by atoms with van der Waals surface area (Å²) in [6, 6.07) is 0. The van der Waals surface area contributed by atoms with E-state index in [4.69, 9.17) is 0 Å². The van der Waals surface area contributed by atoms with Gasteiger partial charge in [-0.05, 0) is 19.3 Å². The van der Waals surface area contributed by atoms with E-state index in [1.54, 1.807) is 0 Å². The van der Waals surface area contributed by atoms with Crippen LogP contribution in [0.5, 0.6) is 0 Å². The molecule has 0 radical (unpaired) electrons. The summed E-state index contributed by atoms with van der Waals surface area (Å²) in [6.07, 6.45) is 4.06. The van der Waals surface area contributed by atoms with Crippen molar-refractivity contribution in [3.63, 3.8) is 0 Å². The molecular formula is C8H13NO3S. The van der Waals surface area contributed by atoms with Gasteiger partial charge in [0.15, 0.2) is 9.84 Å². The van der Waals surface area contributed by atoms with Gasteiger partial charge in [0.05, 0.1) is 17.2 Å². The van der Waals surface area contributed by atoms with Crippen molar-refractivity contribution >= 4 is 15.7 Å². The van der Waals surface area contributed by atoms with Crippen molar-refractivity contribution in [1.29, 1.82) is 0 Å². The Hall–Kier alpha value is -0.580. The van der Waals surface area contributed by atoms with Gasteiger partial charge in [-0.1, -0.05) is 0 Å². The number of carbonyl (C=O) groups excluding carboxylic acids is 1. The van der Waals surface area contributed by atoms with Gasteiger partial charge in [-0.2, -0.15) is 0 Å². The lowest BCUT2D eigenvalue weighted by Crippen LogP contribution is -2.66. The van der Waals surface area contributed by atoms with Crippen LogP contribution in [0.2, 0.25) is 0 Å².